The molecule has 0 N–H and O–H groups in total. The summed E-state index contributed by atoms with van der Waals surface area (Å²) in [7, 11) is 0. The van der Waals surface area contributed by atoms with E-state index < -0.39 is 0 Å². The van der Waals surface area contributed by atoms with Gasteiger partial charge in [-0.1, -0.05) is 37.3 Å². The Hall–Kier alpha value is -2.23. The summed E-state index contributed by atoms with van der Waals surface area (Å²) in [6.45, 7) is 4.82. The van der Waals surface area contributed by atoms with Gasteiger partial charge in [-0.25, -0.2) is 8.78 Å². The summed E-state index contributed by atoms with van der Waals surface area (Å²) in [5.74, 6) is -0.732. The van der Waals surface area contributed by atoms with Gasteiger partial charge in [0.05, 0.1) is 0 Å². The summed E-state index contributed by atoms with van der Waals surface area (Å²) >= 11 is 0. The third-order valence-corrected chi connectivity index (χ3v) is 5.10. The predicted octanol–water partition coefficient (Wildman–Crippen LogP) is 4.82. The molecule has 0 bridgehead atoms. The van der Waals surface area contributed by atoms with Gasteiger partial charge in [0, 0.05) is 18.2 Å². The third kappa shape index (κ3) is 4.06. The highest BCUT2D eigenvalue weighted by Gasteiger charge is 2.39. The van der Waals surface area contributed by atoms with Crippen LogP contribution < -0.4 is 0 Å². The third-order valence-electron chi connectivity index (χ3n) is 5.10. The molecule has 4 heteroatoms. The molecule has 0 spiro atoms. The van der Waals surface area contributed by atoms with Gasteiger partial charge in [0.2, 0.25) is 6.41 Å². The minimum absolute atomic E-state index is 0.0906. The summed E-state index contributed by atoms with van der Waals surface area (Å²) in [4.78, 5) is 13.2. The van der Waals surface area contributed by atoms with E-state index in [1.807, 2.05) is 6.92 Å². The second kappa shape index (κ2) is 6.95. The van der Waals surface area contributed by atoms with Crippen LogP contribution in [0.1, 0.15) is 32.3 Å². The van der Waals surface area contributed by atoms with Crippen LogP contribution in [0.25, 0.3) is 11.1 Å². The lowest BCUT2D eigenvalue weighted by molar-refractivity contribution is -0.120. The van der Waals surface area contributed by atoms with Gasteiger partial charge in [-0.2, -0.15) is 0 Å². The second-order valence-electron chi connectivity index (χ2n) is 7.43. The smallest absolute Gasteiger partial charge is 0.209 e. The molecule has 2 nitrogen and oxygen atoms in total. The number of carbonyl (C=O) groups is 1. The molecule has 1 aliphatic rings. The van der Waals surface area contributed by atoms with Gasteiger partial charge in [-0.3, -0.25) is 4.79 Å². The fraction of sp³-hybridized carbons (Fsp3) is 0.381. The molecule has 1 fully saturated rings. The van der Waals surface area contributed by atoms with Crippen LogP contribution in [0, 0.1) is 17.0 Å². The SMILES string of the molecule is CC(Cc1cccc(-c2cccc(F)c2)c1F)N(C=O)CC1(C)CC1. The number of amides is 1. The molecule has 1 amide bonds. The van der Waals surface area contributed by atoms with Crippen molar-refractivity contribution in [2.75, 3.05) is 6.54 Å². The maximum absolute atomic E-state index is 14.9. The van der Waals surface area contributed by atoms with Crippen LogP contribution in [0.2, 0.25) is 0 Å². The Labute approximate surface area is 147 Å². The molecule has 1 aliphatic carbocycles. The number of rotatable bonds is 7. The van der Waals surface area contributed by atoms with E-state index in [9.17, 15) is 13.6 Å². The summed E-state index contributed by atoms with van der Waals surface area (Å²) in [5.41, 5.74) is 1.67. The highest BCUT2D eigenvalue weighted by atomic mass is 19.1. The Bertz CT molecular complexity index is 770. The zero-order valence-corrected chi connectivity index (χ0v) is 14.6. The number of hydrogen-bond donors (Lipinski definition) is 0. The fourth-order valence-electron chi connectivity index (χ4n) is 3.16. The molecular weight excluding hydrogens is 320 g/mol. The lowest BCUT2D eigenvalue weighted by Crippen LogP contribution is -2.37. The number of halogens is 2. The van der Waals surface area contributed by atoms with Crippen LogP contribution in [0.3, 0.4) is 0 Å². The van der Waals surface area contributed by atoms with Crippen molar-refractivity contribution >= 4 is 6.41 Å². The first-order valence-corrected chi connectivity index (χ1v) is 8.66. The Morgan fingerprint density at radius 1 is 1.20 bits per heavy atom. The monoisotopic (exact) mass is 343 g/mol. The molecule has 0 aromatic heterocycles. The van der Waals surface area contributed by atoms with Crippen molar-refractivity contribution < 1.29 is 13.6 Å². The number of benzene rings is 2. The van der Waals surface area contributed by atoms with Crippen molar-refractivity contribution in [2.24, 2.45) is 5.41 Å². The van der Waals surface area contributed by atoms with Gasteiger partial charge in [0.25, 0.3) is 0 Å². The molecule has 1 atom stereocenters. The largest absolute Gasteiger partial charge is 0.342 e. The highest BCUT2D eigenvalue weighted by molar-refractivity contribution is 5.65. The standard InChI is InChI=1S/C21H23F2NO/c1-15(24(14-25)13-21(2)9-10-21)11-17-6-4-8-19(20(17)23)16-5-3-7-18(22)12-16/h3-8,12,14-15H,9-11,13H2,1-2H3. The molecule has 1 saturated carbocycles. The van der Waals surface area contributed by atoms with Crippen LogP contribution in [0.5, 0.6) is 0 Å². The normalized spacial score (nSPS) is 16.3. The first kappa shape index (κ1) is 17.6. The molecule has 0 heterocycles. The predicted molar refractivity (Wildman–Crippen MR) is 95.1 cm³/mol. The van der Waals surface area contributed by atoms with E-state index >= 15 is 0 Å². The molecule has 0 aliphatic heterocycles. The zero-order chi connectivity index (χ0) is 18.0. The van der Waals surface area contributed by atoms with Crippen LogP contribution in [0.4, 0.5) is 8.78 Å². The van der Waals surface area contributed by atoms with Gasteiger partial charge in [0.15, 0.2) is 0 Å². The van der Waals surface area contributed by atoms with Crippen molar-refractivity contribution in [1.82, 2.24) is 4.90 Å². The molecule has 132 valence electrons. The van der Waals surface area contributed by atoms with Crippen molar-refractivity contribution in [3.63, 3.8) is 0 Å². The lowest BCUT2D eigenvalue weighted by atomic mass is 9.98. The average Bonchev–Trinajstić information content (AvgIpc) is 3.32. The summed E-state index contributed by atoms with van der Waals surface area (Å²) in [6.07, 6.45) is 3.56. The van der Waals surface area contributed by atoms with Gasteiger partial charge < -0.3 is 4.90 Å². The molecule has 3 rings (SSSR count). The topological polar surface area (TPSA) is 20.3 Å². The van der Waals surface area contributed by atoms with Gasteiger partial charge in [-0.15, -0.1) is 0 Å². The van der Waals surface area contributed by atoms with E-state index in [0.29, 0.717) is 29.7 Å². The summed E-state index contributed by atoms with van der Waals surface area (Å²) < 4.78 is 28.4. The average molecular weight is 343 g/mol. The first-order chi connectivity index (χ1) is 11.9. The maximum Gasteiger partial charge on any atom is 0.209 e. The Balaban J connectivity index is 1.80. The van der Waals surface area contributed by atoms with Gasteiger partial charge in [-0.05, 0) is 54.9 Å². The van der Waals surface area contributed by atoms with E-state index in [2.05, 4.69) is 6.92 Å². The van der Waals surface area contributed by atoms with E-state index in [1.165, 1.54) is 12.1 Å². The Morgan fingerprint density at radius 3 is 2.56 bits per heavy atom. The van der Waals surface area contributed by atoms with Crippen LogP contribution in [-0.2, 0) is 11.2 Å². The lowest BCUT2D eigenvalue weighted by Gasteiger charge is -2.28. The Morgan fingerprint density at radius 2 is 1.92 bits per heavy atom. The molecule has 0 radical (unpaired) electrons. The van der Waals surface area contributed by atoms with Crippen molar-refractivity contribution in [2.45, 2.75) is 39.2 Å². The molecule has 2 aromatic rings. The minimum Gasteiger partial charge on any atom is -0.342 e. The van der Waals surface area contributed by atoms with Crippen molar-refractivity contribution in [1.29, 1.82) is 0 Å². The number of nitrogens with zero attached hydrogens (tertiary/aromatic N) is 1. The second-order valence-corrected chi connectivity index (χ2v) is 7.43. The summed E-state index contributed by atoms with van der Waals surface area (Å²) in [6, 6.07) is 11.0. The van der Waals surface area contributed by atoms with E-state index in [0.717, 1.165) is 19.3 Å². The fourth-order valence-corrected chi connectivity index (χ4v) is 3.16. The quantitative estimate of drug-likeness (QED) is 0.660. The molecule has 2 aromatic carbocycles. The Kier molecular flexibility index (Phi) is 4.89. The zero-order valence-electron chi connectivity index (χ0n) is 14.6. The highest BCUT2D eigenvalue weighted by Crippen LogP contribution is 2.45. The molecule has 0 saturated heterocycles. The van der Waals surface area contributed by atoms with Crippen LogP contribution in [0.15, 0.2) is 42.5 Å². The van der Waals surface area contributed by atoms with E-state index in [-0.39, 0.29) is 23.1 Å². The number of hydrogen-bond acceptors (Lipinski definition) is 1. The molecular formula is C21H23F2NO. The first-order valence-electron chi connectivity index (χ1n) is 8.66. The molecule has 1 unspecified atom stereocenters. The van der Waals surface area contributed by atoms with Crippen molar-refractivity contribution in [3.05, 3.63) is 59.7 Å². The van der Waals surface area contributed by atoms with Gasteiger partial charge >= 0.3 is 0 Å². The number of carbonyl (C=O) groups excluding carboxylic acids is 1. The summed E-state index contributed by atoms with van der Waals surface area (Å²) in [5, 5.41) is 0. The molecule has 25 heavy (non-hydrogen) atoms. The maximum atomic E-state index is 14.9. The minimum atomic E-state index is -0.388. The van der Waals surface area contributed by atoms with Crippen molar-refractivity contribution in [3.8, 4) is 11.1 Å². The van der Waals surface area contributed by atoms with Crippen LogP contribution in [-0.4, -0.2) is 23.9 Å². The van der Waals surface area contributed by atoms with E-state index in [4.69, 9.17) is 0 Å². The van der Waals surface area contributed by atoms with E-state index in [1.54, 1.807) is 35.2 Å². The van der Waals surface area contributed by atoms with Gasteiger partial charge in [0.1, 0.15) is 11.6 Å². The van der Waals surface area contributed by atoms with Crippen LogP contribution >= 0.6 is 0 Å².